The van der Waals surface area contributed by atoms with Gasteiger partial charge in [-0.25, -0.2) is 0 Å². The molecule has 1 amide bonds. The third kappa shape index (κ3) is 3.42. The largest absolute Gasteiger partial charge is 0.335 e. The molecule has 4 nitrogen and oxygen atoms in total. The Morgan fingerprint density at radius 2 is 1.93 bits per heavy atom. The number of likely N-dealkylation sites (tertiary alicyclic amines) is 1. The molecular weight excluding hydrogens is 334 g/mol. The lowest BCUT2D eigenvalue weighted by atomic mass is 9.78. The van der Waals surface area contributed by atoms with Gasteiger partial charge < -0.3 is 4.90 Å². The molecule has 1 aromatic heterocycles. The lowest BCUT2D eigenvalue weighted by Crippen LogP contribution is -2.49. The predicted octanol–water partition coefficient (Wildman–Crippen LogP) is 5.01. The summed E-state index contributed by atoms with van der Waals surface area (Å²) in [4.78, 5) is 15.7. The molecule has 0 bridgehead atoms. The molecule has 1 saturated carbocycles. The number of carbonyl (C=O) groups excluding carboxylic acids is 1. The molecule has 1 aromatic carbocycles. The van der Waals surface area contributed by atoms with Gasteiger partial charge in [0.05, 0.1) is 17.5 Å². The van der Waals surface area contributed by atoms with Crippen LogP contribution in [0, 0.1) is 5.92 Å². The Balaban J connectivity index is 1.69. The number of hydrogen-bond acceptors (Lipinski definition) is 2. The molecule has 27 heavy (non-hydrogen) atoms. The number of fused-ring (bicyclic) bond motifs is 1. The Morgan fingerprint density at radius 1 is 1.15 bits per heavy atom. The van der Waals surface area contributed by atoms with Gasteiger partial charge in [-0.1, -0.05) is 44.9 Å². The van der Waals surface area contributed by atoms with E-state index in [2.05, 4.69) is 48.1 Å². The Morgan fingerprint density at radius 3 is 2.74 bits per heavy atom. The summed E-state index contributed by atoms with van der Waals surface area (Å²) in [6.45, 7) is 5.29. The van der Waals surface area contributed by atoms with Crippen LogP contribution in [-0.2, 0) is 7.05 Å². The fourth-order valence-electron chi connectivity index (χ4n) is 5.01. The fourth-order valence-corrected chi connectivity index (χ4v) is 5.01. The molecule has 1 saturated heterocycles. The van der Waals surface area contributed by atoms with E-state index >= 15 is 0 Å². The second-order valence-electron chi connectivity index (χ2n) is 8.56. The van der Waals surface area contributed by atoms with E-state index in [9.17, 15) is 4.79 Å². The van der Waals surface area contributed by atoms with Crippen molar-refractivity contribution in [3.8, 4) is 11.3 Å². The molecule has 2 aromatic rings. The molecule has 2 unspecified atom stereocenters. The van der Waals surface area contributed by atoms with Crippen LogP contribution in [-0.4, -0.2) is 33.2 Å². The number of carbonyl (C=O) groups is 1. The number of aryl methyl sites for hydroxylation is 1. The van der Waals surface area contributed by atoms with E-state index in [0.29, 0.717) is 17.9 Å². The molecular formula is C23H31N3O. The van der Waals surface area contributed by atoms with Crippen molar-refractivity contribution < 1.29 is 4.79 Å². The molecule has 4 heteroatoms. The molecule has 4 rings (SSSR count). The van der Waals surface area contributed by atoms with Crippen LogP contribution in [0.4, 0.5) is 0 Å². The molecule has 1 aliphatic heterocycles. The number of benzene rings is 1. The maximum atomic E-state index is 13.6. The maximum Gasteiger partial charge on any atom is 0.257 e. The summed E-state index contributed by atoms with van der Waals surface area (Å²) in [7, 11) is 1.94. The van der Waals surface area contributed by atoms with E-state index < -0.39 is 0 Å². The molecule has 0 radical (unpaired) electrons. The Bertz CT molecular complexity index is 821. The molecule has 2 heterocycles. The van der Waals surface area contributed by atoms with Gasteiger partial charge in [-0.2, -0.15) is 5.10 Å². The van der Waals surface area contributed by atoms with Gasteiger partial charge in [0.2, 0.25) is 0 Å². The first-order chi connectivity index (χ1) is 13.1. The van der Waals surface area contributed by atoms with Crippen LogP contribution >= 0.6 is 0 Å². The molecule has 1 aliphatic carbocycles. The normalized spacial score (nSPS) is 22.7. The van der Waals surface area contributed by atoms with Crippen LogP contribution < -0.4 is 0 Å². The molecule has 2 fully saturated rings. The van der Waals surface area contributed by atoms with Gasteiger partial charge in [-0.3, -0.25) is 9.48 Å². The maximum absolute atomic E-state index is 13.6. The minimum Gasteiger partial charge on any atom is -0.335 e. The van der Waals surface area contributed by atoms with Crippen LogP contribution in [0.25, 0.3) is 11.3 Å². The smallest absolute Gasteiger partial charge is 0.257 e. The second kappa shape index (κ2) is 7.49. The summed E-state index contributed by atoms with van der Waals surface area (Å²) >= 11 is 0. The van der Waals surface area contributed by atoms with Crippen LogP contribution in [0.1, 0.15) is 74.2 Å². The van der Waals surface area contributed by atoms with Crippen molar-refractivity contribution in [2.45, 2.75) is 64.3 Å². The minimum atomic E-state index is 0.171. The van der Waals surface area contributed by atoms with Gasteiger partial charge in [0.1, 0.15) is 0 Å². The number of amides is 1. The monoisotopic (exact) mass is 365 g/mol. The number of aromatic nitrogens is 2. The Kier molecular flexibility index (Phi) is 5.07. The van der Waals surface area contributed by atoms with Crippen molar-refractivity contribution in [2.24, 2.45) is 13.0 Å². The van der Waals surface area contributed by atoms with Crippen molar-refractivity contribution in [3.05, 3.63) is 41.6 Å². The summed E-state index contributed by atoms with van der Waals surface area (Å²) in [5, 5.41) is 4.46. The zero-order valence-electron chi connectivity index (χ0n) is 16.8. The molecule has 0 N–H and O–H groups in total. The van der Waals surface area contributed by atoms with Crippen molar-refractivity contribution in [2.75, 3.05) is 6.54 Å². The highest BCUT2D eigenvalue weighted by molar-refractivity contribution is 6.00. The highest BCUT2D eigenvalue weighted by atomic mass is 16.2. The van der Waals surface area contributed by atoms with Crippen LogP contribution in [0.5, 0.6) is 0 Å². The third-order valence-corrected chi connectivity index (χ3v) is 6.50. The SMILES string of the molecule is CC(C)c1cccc(-c2c(C(=O)N3CCCC4CCCCC43)cnn2C)c1. The first-order valence-electron chi connectivity index (χ1n) is 10.5. The molecule has 0 spiro atoms. The van der Waals surface area contributed by atoms with Gasteiger partial charge in [-0.05, 0) is 49.1 Å². The van der Waals surface area contributed by atoms with Gasteiger partial charge in [0.15, 0.2) is 0 Å². The summed E-state index contributed by atoms with van der Waals surface area (Å²) < 4.78 is 1.86. The predicted molar refractivity (Wildman–Crippen MR) is 109 cm³/mol. The summed E-state index contributed by atoms with van der Waals surface area (Å²) in [6.07, 6.45) is 9.20. The number of nitrogens with zero attached hydrogens (tertiary/aromatic N) is 3. The first-order valence-corrected chi connectivity index (χ1v) is 10.5. The quantitative estimate of drug-likeness (QED) is 0.767. The highest BCUT2D eigenvalue weighted by Gasteiger charge is 2.37. The summed E-state index contributed by atoms with van der Waals surface area (Å²) in [5.74, 6) is 1.33. The van der Waals surface area contributed by atoms with Crippen LogP contribution in [0.2, 0.25) is 0 Å². The van der Waals surface area contributed by atoms with E-state index in [-0.39, 0.29) is 5.91 Å². The van der Waals surface area contributed by atoms with Gasteiger partial charge >= 0.3 is 0 Å². The van der Waals surface area contributed by atoms with E-state index in [4.69, 9.17) is 0 Å². The minimum absolute atomic E-state index is 0.171. The lowest BCUT2D eigenvalue weighted by Gasteiger charge is -2.44. The second-order valence-corrected chi connectivity index (χ2v) is 8.56. The number of piperidine rings is 1. The summed E-state index contributed by atoms with van der Waals surface area (Å²) in [5.41, 5.74) is 4.07. The van der Waals surface area contributed by atoms with Crippen molar-refractivity contribution in [3.63, 3.8) is 0 Å². The van der Waals surface area contributed by atoms with Crippen LogP contribution in [0.3, 0.4) is 0 Å². The molecule has 2 atom stereocenters. The standard InChI is InChI=1S/C23H31N3O/c1-16(2)18-9-6-10-19(14-18)22-20(15-24-25(22)3)23(27)26-13-7-11-17-8-4-5-12-21(17)26/h6,9-10,14-17,21H,4-5,7-8,11-13H2,1-3H3. The zero-order valence-corrected chi connectivity index (χ0v) is 16.8. The van der Waals surface area contributed by atoms with Crippen LogP contribution in [0.15, 0.2) is 30.5 Å². The fraction of sp³-hybridized carbons (Fsp3) is 0.565. The van der Waals surface area contributed by atoms with E-state index in [1.54, 1.807) is 6.20 Å². The summed E-state index contributed by atoms with van der Waals surface area (Å²) in [6, 6.07) is 8.97. The van der Waals surface area contributed by atoms with Crippen molar-refractivity contribution in [1.82, 2.24) is 14.7 Å². The zero-order chi connectivity index (χ0) is 19.0. The lowest BCUT2D eigenvalue weighted by molar-refractivity contribution is 0.0391. The van der Waals surface area contributed by atoms with Crippen molar-refractivity contribution >= 4 is 5.91 Å². The molecule has 144 valence electrons. The van der Waals surface area contributed by atoms with Gasteiger partial charge in [-0.15, -0.1) is 0 Å². The van der Waals surface area contributed by atoms with Crippen molar-refractivity contribution in [1.29, 1.82) is 0 Å². The Labute approximate surface area is 162 Å². The van der Waals surface area contributed by atoms with E-state index in [1.807, 2.05) is 11.7 Å². The highest BCUT2D eigenvalue weighted by Crippen LogP contribution is 2.37. The van der Waals surface area contributed by atoms with Gasteiger partial charge in [0.25, 0.3) is 5.91 Å². The number of hydrogen-bond donors (Lipinski definition) is 0. The topological polar surface area (TPSA) is 38.1 Å². The number of rotatable bonds is 3. The van der Waals surface area contributed by atoms with Gasteiger partial charge in [0, 0.05) is 25.2 Å². The van der Waals surface area contributed by atoms with E-state index in [1.165, 1.54) is 31.2 Å². The first kappa shape index (κ1) is 18.3. The average Bonchev–Trinajstić information content (AvgIpc) is 3.08. The van der Waals surface area contributed by atoms with E-state index in [0.717, 1.165) is 36.2 Å². The average molecular weight is 366 g/mol. The molecule has 2 aliphatic rings. The third-order valence-electron chi connectivity index (χ3n) is 6.50. The Hall–Kier alpha value is -2.10.